The second kappa shape index (κ2) is 7.08. The van der Waals surface area contributed by atoms with Crippen molar-refractivity contribution in [3.8, 4) is 0 Å². The molecule has 0 aromatic heterocycles. The van der Waals surface area contributed by atoms with Gasteiger partial charge in [0.15, 0.2) is 0 Å². The van der Waals surface area contributed by atoms with Gasteiger partial charge in [-0.05, 0) is 22.3 Å². The fourth-order valence-electron chi connectivity index (χ4n) is 2.71. The highest BCUT2D eigenvalue weighted by molar-refractivity contribution is 5.89. The highest BCUT2D eigenvalue weighted by atomic mass is 16.5. The van der Waals surface area contributed by atoms with Crippen LogP contribution in [0.4, 0.5) is 0 Å². The van der Waals surface area contributed by atoms with Gasteiger partial charge in [-0.2, -0.15) is 0 Å². The Morgan fingerprint density at radius 3 is 2.55 bits per heavy atom. The van der Waals surface area contributed by atoms with Crippen LogP contribution in [0, 0.1) is 5.92 Å². The topological polar surface area (TPSA) is 26.3 Å². The van der Waals surface area contributed by atoms with E-state index < -0.39 is 0 Å². The number of rotatable bonds is 5. The van der Waals surface area contributed by atoms with Crippen molar-refractivity contribution < 1.29 is 9.53 Å². The Kier molecular flexibility index (Phi) is 5.16. The molecule has 1 unspecified atom stereocenters. The van der Waals surface area contributed by atoms with Gasteiger partial charge >= 0.3 is 5.97 Å². The van der Waals surface area contributed by atoms with Gasteiger partial charge < -0.3 is 4.74 Å². The van der Waals surface area contributed by atoms with Crippen LogP contribution in [0.1, 0.15) is 30.9 Å². The first-order valence-electron chi connectivity index (χ1n) is 7.51. The molecule has 0 saturated heterocycles. The fraction of sp³-hybridized carbons (Fsp3) is 0.250. The van der Waals surface area contributed by atoms with Crippen LogP contribution in [-0.4, -0.2) is 12.6 Å². The molecule has 1 atom stereocenters. The summed E-state index contributed by atoms with van der Waals surface area (Å²) < 4.78 is 5.48. The Morgan fingerprint density at radius 1 is 1.23 bits per heavy atom. The van der Waals surface area contributed by atoms with Crippen molar-refractivity contribution in [3.63, 3.8) is 0 Å². The monoisotopic (exact) mass is 294 g/mol. The third-order valence-electron chi connectivity index (χ3n) is 3.76. The molecule has 0 aliphatic heterocycles. The van der Waals surface area contributed by atoms with Gasteiger partial charge in [-0.15, -0.1) is 0 Å². The fourth-order valence-corrected chi connectivity index (χ4v) is 2.71. The second-order valence-electron chi connectivity index (χ2n) is 5.60. The molecule has 0 saturated carbocycles. The number of benzene rings is 1. The number of hydrogen-bond donors (Lipinski definition) is 0. The van der Waals surface area contributed by atoms with Crippen LogP contribution in [0.5, 0.6) is 0 Å². The smallest absolute Gasteiger partial charge is 0.308 e. The molecule has 1 aromatic rings. The van der Waals surface area contributed by atoms with Gasteiger partial charge in [0, 0.05) is 5.92 Å². The predicted molar refractivity (Wildman–Crippen MR) is 91.4 cm³/mol. The Balaban J connectivity index is 2.40. The van der Waals surface area contributed by atoms with Crippen molar-refractivity contribution >= 4 is 11.5 Å². The molecule has 1 aromatic carbocycles. The van der Waals surface area contributed by atoms with E-state index in [4.69, 9.17) is 4.74 Å². The standard InChI is InChI=1S/C20H22O2/c1-5-9-15-16(10-6-2)19(13-22-20(21)14(3)4)18-12-8-7-11-17(15)18/h5-12,14,19H,1-2,13H2,3-4H3/b15-9+,16-10+. The molecule has 0 fully saturated rings. The molecular formula is C20H22O2. The maximum atomic E-state index is 11.8. The zero-order chi connectivity index (χ0) is 16.1. The van der Waals surface area contributed by atoms with Crippen LogP contribution in [0.3, 0.4) is 0 Å². The van der Waals surface area contributed by atoms with Crippen molar-refractivity contribution in [1.82, 2.24) is 0 Å². The van der Waals surface area contributed by atoms with Crippen LogP contribution in [0.2, 0.25) is 0 Å². The first-order chi connectivity index (χ1) is 10.6. The van der Waals surface area contributed by atoms with Crippen molar-refractivity contribution in [2.45, 2.75) is 19.8 Å². The van der Waals surface area contributed by atoms with Crippen LogP contribution in [0.15, 0.2) is 67.3 Å². The van der Waals surface area contributed by atoms with Crippen LogP contribution in [0.25, 0.3) is 5.57 Å². The molecule has 2 heteroatoms. The van der Waals surface area contributed by atoms with E-state index in [2.05, 4.69) is 25.3 Å². The van der Waals surface area contributed by atoms with Crippen molar-refractivity contribution in [2.24, 2.45) is 5.92 Å². The normalized spacial score (nSPS) is 20.2. The average molecular weight is 294 g/mol. The summed E-state index contributed by atoms with van der Waals surface area (Å²) in [7, 11) is 0. The molecule has 2 rings (SSSR count). The van der Waals surface area contributed by atoms with Crippen molar-refractivity contribution in [3.05, 3.63) is 78.4 Å². The molecule has 0 bridgehead atoms. The molecule has 22 heavy (non-hydrogen) atoms. The van der Waals surface area contributed by atoms with Crippen LogP contribution in [-0.2, 0) is 9.53 Å². The molecule has 1 aliphatic rings. The van der Waals surface area contributed by atoms with E-state index in [0.717, 1.165) is 11.1 Å². The van der Waals surface area contributed by atoms with Gasteiger partial charge in [-0.3, -0.25) is 4.79 Å². The Hall–Kier alpha value is -2.35. The maximum absolute atomic E-state index is 11.8. The summed E-state index contributed by atoms with van der Waals surface area (Å²) in [5, 5.41) is 0. The second-order valence-corrected chi connectivity index (χ2v) is 5.60. The zero-order valence-corrected chi connectivity index (χ0v) is 13.2. The Labute approximate surface area is 132 Å². The van der Waals surface area contributed by atoms with Crippen molar-refractivity contribution in [1.29, 1.82) is 0 Å². The third-order valence-corrected chi connectivity index (χ3v) is 3.76. The van der Waals surface area contributed by atoms with Crippen LogP contribution >= 0.6 is 0 Å². The van der Waals surface area contributed by atoms with E-state index in [-0.39, 0.29) is 17.8 Å². The van der Waals surface area contributed by atoms with Gasteiger partial charge in [0.25, 0.3) is 0 Å². The van der Waals surface area contributed by atoms with E-state index >= 15 is 0 Å². The Bertz CT molecular complexity index is 647. The SMILES string of the molecule is C=C/C=C1\C(=C/C=C)c2ccccc2C1COC(=O)C(C)C. The lowest BCUT2D eigenvalue weighted by molar-refractivity contribution is -0.147. The number of allylic oxidation sites excluding steroid dienone is 5. The minimum absolute atomic E-state index is 0.0445. The minimum Gasteiger partial charge on any atom is -0.464 e. The van der Waals surface area contributed by atoms with E-state index in [1.54, 1.807) is 12.2 Å². The lowest BCUT2D eigenvalue weighted by atomic mass is 9.97. The molecule has 0 radical (unpaired) electrons. The van der Waals surface area contributed by atoms with Gasteiger partial charge in [-0.25, -0.2) is 0 Å². The Morgan fingerprint density at radius 2 is 1.91 bits per heavy atom. The summed E-state index contributed by atoms with van der Waals surface area (Å²) in [4.78, 5) is 11.8. The van der Waals surface area contributed by atoms with Gasteiger partial charge in [0.1, 0.15) is 6.61 Å². The summed E-state index contributed by atoms with van der Waals surface area (Å²) in [6.45, 7) is 11.6. The average Bonchev–Trinajstić information content (AvgIpc) is 2.79. The summed E-state index contributed by atoms with van der Waals surface area (Å²) in [5.74, 6) is -0.244. The molecular weight excluding hydrogens is 272 g/mol. The van der Waals surface area contributed by atoms with E-state index in [0.29, 0.717) is 6.61 Å². The van der Waals surface area contributed by atoms with E-state index in [9.17, 15) is 4.79 Å². The number of esters is 1. The van der Waals surface area contributed by atoms with Gasteiger partial charge in [-0.1, -0.05) is 75.6 Å². The quantitative estimate of drug-likeness (QED) is 0.738. The molecule has 2 nitrogen and oxygen atoms in total. The van der Waals surface area contributed by atoms with Crippen LogP contribution < -0.4 is 0 Å². The first-order valence-corrected chi connectivity index (χ1v) is 7.51. The minimum atomic E-state index is -0.170. The predicted octanol–water partition coefficient (Wildman–Crippen LogP) is 4.66. The van der Waals surface area contributed by atoms with Gasteiger partial charge in [0.2, 0.25) is 0 Å². The summed E-state index contributed by atoms with van der Waals surface area (Å²) in [6, 6.07) is 8.21. The van der Waals surface area contributed by atoms with E-state index in [1.807, 2.05) is 38.1 Å². The van der Waals surface area contributed by atoms with Crippen molar-refractivity contribution in [2.75, 3.05) is 6.61 Å². The third kappa shape index (κ3) is 3.11. The number of carbonyl (C=O) groups is 1. The lowest BCUT2D eigenvalue weighted by Crippen LogP contribution is -2.16. The first kappa shape index (κ1) is 16.0. The molecule has 0 amide bonds. The highest BCUT2D eigenvalue weighted by Gasteiger charge is 2.31. The lowest BCUT2D eigenvalue weighted by Gasteiger charge is -2.15. The zero-order valence-electron chi connectivity index (χ0n) is 13.2. The molecule has 114 valence electrons. The molecule has 0 spiro atoms. The molecule has 1 aliphatic carbocycles. The van der Waals surface area contributed by atoms with E-state index in [1.165, 1.54) is 11.1 Å². The summed E-state index contributed by atoms with van der Waals surface area (Å²) in [6.07, 6.45) is 7.54. The summed E-state index contributed by atoms with van der Waals surface area (Å²) >= 11 is 0. The summed E-state index contributed by atoms with van der Waals surface area (Å²) in [5.41, 5.74) is 4.59. The largest absolute Gasteiger partial charge is 0.464 e. The number of carbonyl (C=O) groups excluding carboxylic acids is 1. The number of ether oxygens (including phenoxy) is 1. The number of fused-ring (bicyclic) bond motifs is 1. The van der Waals surface area contributed by atoms with Gasteiger partial charge in [0.05, 0.1) is 5.92 Å². The maximum Gasteiger partial charge on any atom is 0.308 e. The number of hydrogen-bond acceptors (Lipinski definition) is 2. The highest BCUT2D eigenvalue weighted by Crippen LogP contribution is 2.45. The molecule has 0 heterocycles. The molecule has 0 N–H and O–H groups in total.